The van der Waals surface area contributed by atoms with Gasteiger partial charge in [0.2, 0.25) is 11.1 Å². The summed E-state index contributed by atoms with van der Waals surface area (Å²) >= 11 is 1.23. The number of anilines is 1. The first kappa shape index (κ1) is 22.5. The van der Waals surface area contributed by atoms with Crippen LogP contribution in [-0.4, -0.2) is 48.8 Å². The van der Waals surface area contributed by atoms with E-state index >= 15 is 0 Å². The molecule has 0 unspecified atom stereocenters. The number of aryl methyl sites for hydroxylation is 1. The maximum atomic E-state index is 14.0. The first-order valence-electron chi connectivity index (χ1n) is 10.1. The van der Waals surface area contributed by atoms with Gasteiger partial charge >= 0.3 is 0 Å². The molecule has 1 N–H and O–H groups in total. The van der Waals surface area contributed by atoms with Crippen molar-refractivity contribution in [2.45, 2.75) is 25.5 Å². The van der Waals surface area contributed by atoms with Crippen LogP contribution in [0.2, 0.25) is 0 Å². The van der Waals surface area contributed by atoms with E-state index in [0.29, 0.717) is 23.1 Å². The highest BCUT2D eigenvalue weighted by atomic mass is 32.2. The molecule has 0 bridgehead atoms. The molecule has 0 fully saturated rings. The third-order valence-corrected chi connectivity index (χ3v) is 6.03. The lowest BCUT2D eigenvalue weighted by molar-refractivity contribution is -0.113. The molecule has 0 aliphatic rings. The van der Waals surface area contributed by atoms with Crippen molar-refractivity contribution in [2.24, 2.45) is 0 Å². The standard InChI is InChI=1S/C22H22FN7O2S/c1-14-5-4-6-18(15(14)2)30-22(26-27-28-30)33-13-21(31)25-20-9-10-24-29(20)12-16-7-8-19(32-3)17(23)11-16/h4-11H,12-13H2,1-3H3,(H,25,31). The van der Waals surface area contributed by atoms with Crippen LogP contribution in [0.1, 0.15) is 16.7 Å². The van der Waals surface area contributed by atoms with Crippen molar-refractivity contribution >= 4 is 23.5 Å². The molecule has 2 aromatic heterocycles. The number of carbonyl (C=O) groups excluding carboxylic acids is 1. The van der Waals surface area contributed by atoms with Gasteiger partial charge in [-0.3, -0.25) is 4.79 Å². The largest absolute Gasteiger partial charge is 0.494 e. The number of carbonyl (C=O) groups is 1. The molecule has 0 spiro atoms. The normalized spacial score (nSPS) is 10.9. The maximum absolute atomic E-state index is 14.0. The number of aromatic nitrogens is 6. The zero-order valence-corrected chi connectivity index (χ0v) is 19.1. The lowest BCUT2D eigenvalue weighted by Crippen LogP contribution is -2.18. The van der Waals surface area contributed by atoms with Gasteiger partial charge in [-0.05, 0) is 59.2 Å². The number of tetrazole rings is 1. The Labute approximate surface area is 193 Å². The van der Waals surface area contributed by atoms with E-state index in [-0.39, 0.29) is 17.4 Å². The number of hydrogen-bond donors (Lipinski definition) is 1. The van der Waals surface area contributed by atoms with Gasteiger partial charge in [-0.25, -0.2) is 9.07 Å². The third-order valence-electron chi connectivity index (χ3n) is 5.11. The molecule has 2 aromatic carbocycles. The van der Waals surface area contributed by atoms with E-state index in [9.17, 15) is 9.18 Å². The monoisotopic (exact) mass is 467 g/mol. The van der Waals surface area contributed by atoms with Crippen molar-refractivity contribution in [3.05, 3.63) is 71.2 Å². The molecule has 1 amide bonds. The number of halogens is 1. The van der Waals surface area contributed by atoms with Crippen LogP contribution in [0.5, 0.6) is 5.75 Å². The van der Waals surface area contributed by atoms with E-state index in [4.69, 9.17) is 4.74 Å². The molecule has 9 nitrogen and oxygen atoms in total. The van der Waals surface area contributed by atoms with E-state index < -0.39 is 5.82 Å². The molecule has 0 aliphatic carbocycles. The topological polar surface area (TPSA) is 99.8 Å². The fourth-order valence-corrected chi connectivity index (χ4v) is 3.92. The molecule has 0 aliphatic heterocycles. The smallest absolute Gasteiger partial charge is 0.235 e. The zero-order chi connectivity index (χ0) is 23.4. The van der Waals surface area contributed by atoms with Crippen LogP contribution < -0.4 is 10.1 Å². The molecule has 0 atom stereocenters. The molecule has 4 aromatic rings. The van der Waals surface area contributed by atoms with Gasteiger partial charge in [0, 0.05) is 6.07 Å². The Morgan fingerprint density at radius 3 is 2.85 bits per heavy atom. The highest BCUT2D eigenvalue weighted by molar-refractivity contribution is 7.99. The number of methoxy groups -OCH3 is 1. The second-order valence-electron chi connectivity index (χ2n) is 7.27. The van der Waals surface area contributed by atoms with Crippen molar-refractivity contribution in [3.63, 3.8) is 0 Å². The summed E-state index contributed by atoms with van der Waals surface area (Å²) in [6.07, 6.45) is 1.57. The van der Waals surface area contributed by atoms with Crippen LogP contribution in [0.15, 0.2) is 53.8 Å². The zero-order valence-electron chi connectivity index (χ0n) is 18.3. The number of rotatable bonds is 8. The minimum atomic E-state index is -0.453. The van der Waals surface area contributed by atoms with Gasteiger partial charge < -0.3 is 10.1 Å². The van der Waals surface area contributed by atoms with Crippen LogP contribution >= 0.6 is 11.8 Å². The second-order valence-corrected chi connectivity index (χ2v) is 8.21. The number of nitrogens with one attached hydrogen (secondary N) is 1. The van der Waals surface area contributed by atoms with Crippen LogP contribution in [-0.2, 0) is 11.3 Å². The number of nitrogens with zero attached hydrogens (tertiary/aromatic N) is 6. The number of thioether (sulfide) groups is 1. The predicted molar refractivity (Wildman–Crippen MR) is 122 cm³/mol. The lowest BCUT2D eigenvalue weighted by atomic mass is 10.1. The summed E-state index contributed by atoms with van der Waals surface area (Å²) in [6.45, 7) is 4.32. The average Bonchev–Trinajstić information content (AvgIpc) is 3.44. The summed E-state index contributed by atoms with van der Waals surface area (Å²) in [5.74, 6) is 0.0934. The Morgan fingerprint density at radius 2 is 2.06 bits per heavy atom. The van der Waals surface area contributed by atoms with E-state index in [1.54, 1.807) is 33.8 Å². The number of ether oxygens (including phenoxy) is 1. The quantitative estimate of drug-likeness (QED) is 0.397. The number of amides is 1. The van der Waals surface area contributed by atoms with E-state index in [1.165, 1.54) is 24.9 Å². The van der Waals surface area contributed by atoms with Crippen molar-refractivity contribution in [1.29, 1.82) is 0 Å². The molecule has 2 heterocycles. The minimum Gasteiger partial charge on any atom is -0.494 e. The summed E-state index contributed by atoms with van der Waals surface area (Å²) in [5, 5.41) is 19.5. The Hall–Kier alpha value is -3.73. The summed E-state index contributed by atoms with van der Waals surface area (Å²) < 4.78 is 22.1. The van der Waals surface area contributed by atoms with Gasteiger partial charge in [0.15, 0.2) is 11.6 Å². The fraction of sp³-hybridized carbons (Fsp3) is 0.227. The Kier molecular flexibility index (Phi) is 6.68. The van der Waals surface area contributed by atoms with Crippen LogP contribution in [0.3, 0.4) is 0 Å². The first-order valence-corrected chi connectivity index (χ1v) is 11.1. The SMILES string of the molecule is COc1ccc(Cn2nccc2NC(=O)CSc2nnnn2-c2cccc(C)c2C)cc1F. The Bertz CT molecular complexity index is 1290. The van der Waals surface area contributed by atoms with Crippen molar-refractivity contribution in [2.75, 3.05) is 18.2 Å². The van der Waals surface area contributed by atoms with Crippen molar-refractivity contribution in [1.82, 2.24) is 30.0 Å². The molecule has 170 valence electrons. The lowest BCUT2D eigenvalue weighted by Gasteiger charge is -2.11. The van der Waals surface area contributed by atoms with Crippen LogP contribution in [0.4, 0.5) is 10.2 Å². The Morgan fingerprint density at radius 1 is 1.21 bits per heavy atom. The average molecular weight is 468 g/mol. The van der Waals surface area contributed by atoms with E-state index in [1.807, 2.05) is 32.0 Å². The highest BCUT2D eigenvalue weighted by Crippen LogP contribution is 2.23. The van der Waals surface area contributed by atoms with Crippen LogP contribution in [0, 0.1) is 19.7 Å². The molecule has 4 rings (SSSR count). The highest BCUT2D eigenvalue weighted by Gasteiger charge is 2.15. The van der Waals surface area contributed by atoms with Gasteiger partial charge in [0.1, 0.15) is 5.82 Å². The van der Waals surface area contributed by atoms with Crippen molar-refractivity contribution < 1.29 is 13.9 Å². The van der Waals surface area contributed by atoms with E-state index in [2.05, 4.69) is 25.9 Å². The first-order chi connectivity index (χ1) is 16.0. The van der Waals surface area contributed by atoms with Gasteiger partial charge in [-0.15, -0.1) is 5.10 Å². The summed E-state index contributed by atoms with van der Waals surface area (Å²) in [6, 6.07) is 12.3. The fourth-order valence-electron chi connectivity index (χ4n) is 3.24. The maximum Gasteiger partial charge on any atom is 0.235 e. The molecule has 0 saturated heterocycles. The van der Waals surface area contributed by atoms with E-state index in [0.717, 1.165) is 16.8 Å². The number of benzene rings is 2. The van der Waals surface area contributed by atoms with Gasteiger partial charge in [-0.2, -0.15) is 9.78 Å². The van der Waals surface area contributed by atoms with Gasteiger partial charge in [0.25, 0.3) is 0 Å². The summed E-state index contributed by atoms with van der Waals surface area (Å²) in [4.78, 5) is 12.6. The summed E-state index contributed by atoms with van der Waals surface area (Å²) in [7, 11) is 1.41. The molecule has 11 heteroatoms. The molecular weight excluding hydrogens is 445 g/mol. The van der Waals surface area contributed by atoms with Crippen molar-refractivity contribution in [3.8, 4) is 11.4 Å². The number of hydrogen-bond acceptors (Lipinski definition) is 7. The molecular formula is C22H22FN7O2S. The third kappa shape index (κ3) is 5.03. The minimum absolute atomic E-state index is 0.105. The van der Waals surface area contributed by atoms with Crippen LogP contribution in [0.25, 0.3) is 5.69 Å². The van der Waals surface area contributed by atoms with Gasteiger partial charge in [-0.1, -0.05) is 30.0 Å². The predicted octanol–water partition coefficient (Wildman–Crippen LogP) is 3.40. The summed E-state index contributed by atoms with van der Waals surface area (Å²) in [5.41, 5.74) is 3.75. The molecule has 0 saturated carbocycles. The Balaban J connectivity index is 1.40. The molecule has 33 heavy (non-hydrogen) atoms. The van der Waals surface area contributed by atoms with Gasteiger partial charge in [0.05, 0.1) is 31.3 Å². The molecule has 0 radical (unpaired) electrons. The second kappa shape index (κ2) is 9.82.